The molecule has 0 heterocycles. The van der Waals surface area contributed by atoms with Gasteiger partial charge < -0.3 is 5.73 Å². The van der Waals surface area contributed by atoms with Crippen LogP contribution in [0.5, 0.6) is 0 Å². The topological polar surface area (TPSA) is 26.0 Å². The van der Waals surface area contributed by atoms with Gasteiger partial charge in [0.05, 0.1) is 4.47 Å². The van der Waals surface area contributed by atoms with Crippen molar-refractivity contribution >= 4 is 15.9 Å². The Morgan fingerprint density at radius 1 is 1.25 bits per heavy atom. The van der Waals surface area contributed by atoms with Crippen molar-refractivity contribution in [1.82, 2.24) is 0 Å². The van der Waals surface area contributed by atoms with Crippen LogP contribution >= 0.6 is 15.9 Å². The molecule has 0 aliphatic carbocycles. The lowest BCUT2D eigenvalue weighted by molar-refractivity contribution is 0.400. The monoisotopic (exact) mass is 291 g/mol. The van der Waals surface area contributed by atoms with E-state index in [2.05, 4.69) is 15.9 Å². The average molecular weight is 292 g/mol. The number of halogens is 3. The Hall–Kier alpha value is -0.480. The van der Waals surface area contributed by atoms with E-state index in [9.17, 15) is 8.78 Å². The second kappa shape index (κ2) is 5.73. The van der Waals surface area contributed by atoms with E-state index in [1.807, 2.05) is 13.8 Å². The standard InChI is InChI=1S/C12H16BrF2N/c1-3-7(4-2)12(16)8-5-6-9(14)11(15)10(8)13/h5-7,12H,3-4,16H2,1-2H3. The van der Waals surface area contributed by atoms with Crippen LogP contribution in [0.1, 0.15) is 38.3 Å². The molecule has 0 saturated carbocycles. The highest BCUT2D eigenvalue weighted by molar-refractivity contribution is 9.10. The summed E-state index contributed by atoms with van der Waals surface area (Å²) in [7, 11) is 0. The van der Waals surface area contributed by atoms with Crippen molar-refractivity contribution in [3.63, 3.8) is 0 Å². The minimum atomic E-state index is -0.862. The average Bonchev–Trinajstić information content (AvgIpc) is 2.27. The zero-order valence-corrected chi connectivity index (χ0v) is 11.0. The molecule has 1 nitrogen and oxygen atoms in total. The van der Waals surface area contributed by atoms with Gasteiger partial charge in [0, 0.05) is 6.04 Å². The predicted octanol–water partition coefficient (Wildman–Crippen LogP) is 4.16. The molecule has 0 aromatic heterocycles. The van der Waals surface area contributed by atoms with E-state index >= 15 is 0 Å². The molecule has 4 heteroatoms. The van der Waals surface area contributed by atoms with Crippen LogP contribution < -0.4 is 5.73 Å². The van der Waals surface area contributed by atoms with Crippen LogP contribution in [0, 0.1) is 17.6 Å². The van der Waals surface area contributed by atoms with E-state index < -0.39 is 11.6 Å². The molecule has 2 N–H and O–H groups in total. The number of benzene rings is 1. The van der Waals surface area contributed by atoms with Crippen molar-refractivity contribution in [2.24, 2.45) is 11.7 Å². The zero-order chi connectivity index (χ0) is 12.3. The molecule has 16 heavy (non-hydrogen) atoms. The fourth-order valence-corrected chi connectivity index (χ4v) is 2.43. The van der Waals surface area contributed by atoms with Gasteiger partial charge in [-0.05, 0) is 33.5 Å². The second-order valence-electron chi connectivity index (χ2n) is 3.87. The SMILES string of the molecule is CCC(CC)C(N)c1ccc(F)c(F)c1Br. The van der Waals surface area contributed by atoms with Crippen LogP contribution in [0.4, 0.5) is 8.78 Å². The van der Waals surface area contributed by atoms with Gasteiger partial charge in [-0.1, -0.05) is 32.8 Å². The molecule has 0 aliphatic rings. The number of nitrogens with two attached hydrogens (primary N) is 1. The molecule has 1 aromatic carbocycles. The van der Waals surface area contributed by atoms with E-state index in [0.717, 1.165) is 18.9 Å². The summed E-state index contributed by atoms with van der Waals surface area (Å²) in [5.74, 6) is -1.44. The fourth-order valence-electron chi connectivity index (χ4n) is 1.85. The first-order chi connectivity index (χ1) is 7.52. The summed E-state index contributed by atoms with van der Waals surface area (Å²) in [5, 5.41) is 0. The third kappa shape index (κ3) is 2.61. The summed E-state index contributed by atoms with van der Waals surface area (Å²) in [6.45, 7) is 4.09. The first-order valence-electron chi connectivity index (χ1n) is 5.41. The van der Waals surface area contributed by atoms with Crippen molar-refractivity contribution in [2.75, 3.05) is 0 Å². The van der Waals surface area contributed by atoms with Crippen LogP contribution in [-0.4, -0.2) is 0 Å². The molecule has 0 bridgehead atoms. The molecular formula is C12H16BrF2N. The minimum absolute atomic E-state index is 0.145. The summed E-state index contributed by atoms with van der Waals surface area (Å²) >= 11 is 3.06. The molecule has 0 saturated heterocycles. The van der Waals surface area contributed by atoms with Gasteiger partial charge >= 0.3 is 0 Å². The third-order valence-corrected chi connectivity index (χ3v) is 3.79. The van der Waals surface area contributed by atoms with Crippen molar-refractivity contribution in [3.8, 4) is 0 Å². The molecular weight excluding hydrogens is 276 g/mol. The van der Waals surface area contributed by atoms with Gasteiger partial charge in [0.1, 0.15) is 0 Å². The third-order valence-electron chi connectivity index (χ3n) is 2.98. The molecule has 1 aromatic rings. The van der Waals surface area contributed by atoms with E-state index in [1.54, 1.807) is 6.07 Å². The Bertz CT molecular complexity index is 364. The van der Waals surface area contributed by atoms with Crippen molar-refractivity contribution in [2.45, 2.75) is 32.7 Å². The van der Waals surface area contributed by atoms with Gasteiger partial charge in [-0.25, -0.2) is 8.78 Å². The highest BCUT2D eigenvalue weighted by Gasteiger charge is 2.21. The zero-order valence-electron chi connectivity index (χ0n) is 9.43. The summed E-state index contributed by atoms with van der Waals surface area (Å²) in [5.41, 5.74) is 6.69. The Balaban J connectivity index is 3.09. The van der Waals surface area contributed by atoms with Gasteiger partial charge in [0.15, 0.2) is 11.6 Å². The van der Waals surface area contributed by atoms with Gasteiger partial charge in [-0.2, -0.15) is 0 Å². The van der Waals surface area contributed by atoms with Crippen LogP contribution in [0.15, 0.2) is 16.6 Å². The van der Waals surface area contributed by atoms with Crippen LogP contribution in [0.3, 0.4) is 0 Å². The molecule has 0 fully saturated rings. The molecule has 1 rings (SSSR count). The Morgan fingerprint density at radius 3 is 2.31 bits per heavy atom. The maximum Gasteiger partial charge on any atom is 0.173 e. The van der Waals surface area contributed by atoms with Crippen LogP contribution in [0.25, 0.3) is 0 Å². The second-order valence-corrected chi connectivity index (χ2v) is 4.66. The van der Waals surface area contributed by atoms with Crippen LogP contribution in [0.2, 0.25) is 0 Å². The molecule has 0 amide bonds. The van der Waals surface area contributed by atoms with E-state index in [1.165, 1.54) is 0 Å². The first-order valence-corrected chi connectivity index (χ1v) is 6.21. The Labute approximate surface area is 103 Å². The smallest absolute Gasteiger partial charge is 0.173 e. The van der Waals surface area contributed by atoms with E-state index in [0.29, 0.717) is 5.56 Å². The predicted molar refractivity (Wildman–Crippen MR) is 65.1 cm³/mol. The summed E-state index contributed by atoms with van der Waals surface area (Å²) in [4.78, 5) is 0. The maximum absolute atomic E-state index is 13.3. The summed E-state index contributed by atoms with van der Waals surface area (Å²) in [6, 6.07) is 2.41. The lowest BCUT2D eigenvalue weighted by atomic mass is 9.89. The molecule has 0 spiro atoms. The Morgan fingerprint density at radius 2 is 1.81 bits per heavy atom. The van der Waals surface area contributed by atoms with Gasteiger partial charge in [-0.15, -0.1) is 0 Å². The van der Waals surface area contributed by atoms with Crippen molar-refractivity contribution in [1.29, 1.82) is 0 Å². The number of hydrogen-bond acceptors (Lipinski definition) is 1. The normalized spacial score (nSPS) is 13.2. The largest absolute Gasteiger partial charge is 0.324 e. The number of rotatable bonds is 4. The van der Waals surface area contributed by atoms with Gasteiger partial charge in [0.25, 0.3) is 0 Å². The summed E-state index contributed by atoms with van der Waals surface area (Å²) < 4.78 is 26.4. The Kier molecular flexibility index (Phi) is 4.87. The molecule has 0 aliphatic heterocycles. The fraction of sp³-hybridized carbons (Fsp3) is 0.500. The molecule has 1 unspecified atom stereocenters. The van der Waals surface area contributed by atoms with E-state index in [-0.39, 0.29) is 16.4 Å². The minimum Gasteiger partial charge on any atom is -0.324 e. The molecule has 90 valence electrons. The lowest BCUT2D eigenvalue weighted by Crippen LogP contribution is -2.21. The quantitative estimate of drug-likeness (QED) is 0.828. The number of hydrogen-bond donors (Lipinski definition) is 1. The van der Waals surface area contributed by atoms with Gasteiger partial charge in [-0.3, -0.25) is 0 Å². The molecule has 0 radical (unpaired) electrons. The van der Waals surface area contributed by atoms with Gasteiger partial charge in [0.2, 0.25) is 0 Å². The molecule has 1 atom stereocenters. The maximum atomic E-state index is 13.3. The van der Waals surface area contributed by atoms with Crippen LogP contribution in [-0.2, 0) is 0 Å². The lowest BCUT2D eigenvalue weighted by Gasteiger charge is -2.22. The van der Waals surface area contributed by atoms with E-state index in [4.69, 9.17) is 5.73 Å². The summed E-state index contributed by atoms with van der Waals surface area (Å²) in [6.07, 6.45) is 1.84. The first kappa shape index (κ1) is 13.6. The highest BCUT2D eigenvalue weighted by atomic mass is 79.9. The van der Waals surface area contributed by atoms with Crippen molar-refractivity contribution in [3.05, 3.63) is 33.8 Å². The highest BCUT2D eigenvalue weighted by Crippen LogP contribution is 2.32. The van der Waals surface area contributed by atoms with Crippen molar-refractivity contribution < 1.29 is 8.78 Å².